The van der Waals surface area contributed by atoms with Gasteiger partial charge >= 0.3 is 11.9 Å². The van der Waals surface area contributed by atoms with Gasteiger partial charge in [-0.05, 0) is 25.7 Å². The first kappa shape index (κ1) is 27.0. The molecule has 0 radical (unpaired) electrons. The van der Waals surface area contributed by atoms with E-state index in [1.54, 1.807) is 0 Å². The maximum absolute atomic E-state index is 11.8. The van der Waals surface area contributed by atoms with Gasteiger partial charge < -0.3 is 9.47 Å². The molecule has 0 bridgehead atoms. The molecule has 1 heterocycles. The number of cyclic esters (lactones) is 2. The molecule has 1 saturated heterocycles. The summed E-state index contributed by atoms with van der Waals surface area (Å²) in [5.74, 6) is -0.0114. The lowest BCUT2D eigenvalue weighted by molar-refractivity contribution is -0.144. The van der Waals surface area contributed by atoms with Crippen LogP contribution in [0.3, 0.4) is 0 Å². The Hall–Kier alpha value is -1.06. The topological polar surface area (TPSA) is 52.6 Å². The normalized spacial score (nSPS) is 22.8. The number of rotatable bonds is 0. The first-order valence-electron chi connectivity index (χ1n) is 13.1. The molecule has 1 aliphatic rings. The third-order valence-electron chi connectivity index (χ3n) is 6.08. The monoisotopic (exact) mass is 424 g/mol. The van der Waals surface area contributed by atoms with Gasteiger partial charge in [0.1, 0.15) is 0 Å². The Morgan fingerprint density at radius 3 is 0.867 bits per heavy atom. The molecule has 0 aliphatic carbocycles. The fourth-order valence-electron chi connectivity index (χ4n) is 4.09. The van der Waals surface area contributed by atoms with Gasteiger partial charge in [-0.15, -0.1) is 0 Å². The second kappa shape index (κ2) is 21.2. The lowest BCUT2D eigenvalue weighted by Crippen LogP contribution is -2.05. The van der Waals surface area contributed by atoms with Crippen LogP contribution in [0.25, 0.3) is 0 Å². The molecule has 0 aromatic heterocycles. The zero-order chi connectivity index (χ0) is 21.5. The lowest BCUT2D eigenvalue weighted by Gasteiger charge is -2.07. The van der Waals surface area contributed by atoms with Crippen LogP contribution in [0, 0.1) is 0 Å². The summed E-state index contributed by atoms with van der Waals surface area (Å²) in [6.07, 6.45) is 24.9. The van der Waals surface area contributed by atoms with Crippen molar-refractivity contribution in [3.05, 3.63) is 0 Å². The Morgan fingerprint density at radius 2 is 0.567 bits per heavy atom. The molecule has 0 saturated carbocycles. The van der Waals surface area contributed by atoms with E-state index in [0.29, 0.717) is 26.1 Å². The summed E-state index contributed by atoms with van der Waals surface area (Å²) in [5, 5.41) is 0. The maximum atomic E-state index is 11.8. The summed E-state index contributed by atoms with van der Waals surface area (Å²) in [5.41, 5.74) is 0. The summed E-state index contributed by atoms with van der Waals surface area (Å²) in [6.45, 7) is 1.20. The van der Waals surface area contributed by atoms with Crippen LogP contribution in [0.1, 0.15) is 141 Å². The van der Waals surface area contributed by atoms with Crippen LogP contribution >= 0.6 is 0 Å². The van der Waals surface area contributed by atoms with Gasteiger partial charge in [-0.3, -0.25) is 9.59 Å². The van der Waals surface area contributed by atoms with E-state index in [-0.39, 0.29) is 11.9 Å². The van der Waals surface area contributed by atoms with Crippen molar-refractivity contribution in [1.82, 2.24) is 0 Å². The zero-order valence-corrected chi connectivity index (χ0v) is 19.6. The Bertz CT molecular complexity index is 338. The van der Waals surface area contributed by atoms with Crippen LogP contribution in [0.4, 0.5) is 0 Å². The standard InChI is InChI=1S/C26H48O4/c27-25-21-17-13-9-5-1-3-7-11-15-19-23-29-26(28)22-18-14-10-6-2-4-8-12-16-20-24-30-25/h1-24H2. The van der Waals surface area contributed by atoms with Crippen molar-refractivity contribution >= 4 is 11.9 Å². The first-order valence-corrected chi connectivity index (χ1v) is 13.1. The molecule has 176 valence electrons. The highest BCUT2D eigenvalue weighted by atomic mass is 16.5. The van der Waals surface area contributed by atoms with Gasteiger partial charge in [0.2, 0.25) is 0 Å². The van der Waals surface area contributed by atoms with Crippen LogP contribution in [0.5, 0.6) is 0 Å². The average molecular weight is 425 g/mol. The minimum absolute atomic E-state index is 0.00571. The Morgan fingerprint density at radius 1 is 0.333 bits per heavy atom. The van der Waals surface area contributed by atoms with Crippen molar-refractivity contribution in [1.29, 1.82) is 0 Å². The SMILES string of the molecule is O=C1CCCCCCCCCCCCOC(=O)CCCCCCCCCCCCO1. The highest BCUT2D eigenvalue weighted by Gasteiger charge is 2.04. The second-order valence-electron chi connectivity index (χ2n) is 9.01. The van der Waals surface area contributed by atoms with Gasteiger partial charge in [-0.2, -0.15) is 0 Å². The Labute approximate surface area is 185 Å². The van der Waals surface area contributed by atoms with Crippen molar-refractivity contribution in [2.24, 2.45) is 0 Å². The molecule has 4 nitrogen and oxygen atoms in total. The fourth-order valence-corrected chi connectivity index (χ4v) is 4.09. The smallest absolute Gasteiger partial charge is 0.305 e. The van der Waals surface area contributed by atoms with Crippen LogP contribution in [-0.2, 0) is 19.1 Å². The average Bonchev–Trinajstić information content (AvgIpc) is 2.74. The van der Waals surface area contributed by atoms with E-state index in [1.807, 2.05) is 0 Å². The van der Waals surface area contributed by atoms with E-state index in [9.17, 15) is 9.59 Å². The molecule has 0 spiro atoms. The Balaban J connectivity index is 2.13. The van der Waals surface area contributed by atoms with E-state index in [2.05, 4.69) is 0 Å². The summed E-state index contributed by atoms with van der Waals surface area (Å²) in [6, 6.07) is 0. The van der Waals surface area contributed by atoms with Crippen LogP contribution in [0.2, 0.25) is 0 Å². The van der Waals surface area contributed by atoms with E-state index in [4.69, 9.17) is 9.47 Å². The molecule has 0 aromatic rings. The van der Waals surface area contributed by atoms with Crippen LogP contribution in [0.15, 0.2) is 0 Å². The number of hydrogen-bond acceptors (Lipinski definition) is 4. The van der Waals surface area contributed by atoms with E-state index in [0.717, 1.165) is 51.4 Å². The molecule has 0 aromatic carbocycles. The summed E-state index contributed by atoms with van der Waals surface area (Å²) >= 11 is 0. The number of ether oxygens (including phenoxy) is 2. The summed E-state index contributed by atoms with van der Waals surface area (Å²) < 4.78 is 10.7. The fraction of sp³-hybridized carbons (Fsp3) is 0.923. The minimum Gasteiger partial charge on any atom is -0.466 e. The van der Waals surface area contributed by atoms with Gasteiger partial charge in [0.15, 0.2) is 0 Å². The molecule has 30 heavy (non-hydrogen) atoms. The lowest BCUT2D eigenvalue weighted by atomic mass is 10.1. The number of esters is 2. The van der Waals surface area contributed by atoms with Gasteiger partial charge in [0.05, 0.1) is 13.2 Å². The van der Waals surface area contributed by atoms with Gasteiger partial charge in [-0.25, -0.2) is 0 Å². The maximum Gasteiger partial charge on any atom is 0.305 e. The number of hydrogen-bond donors (Lipinski definition) is 0. The van der Waals surface area contributed by atoms with Crippen molar-refractivity contribution in [2.75, 3.05) is 13.2 Å². The molecular weight excluding hydrogens is 376 g/mol. The number of carbonyl (C=O) groups excluding carboxylic acids is 2. The molecular formula is C26H48O4. The third-order valence-corrected chi connectivity index (χ3v) is 6.08. The molecule has 0 amide bonds. The summed E-state index contributed by atoms with van der Waals surface area (Å²) in [4.78, 5) is 23.5. The van der Waals surface area contributed by atoms with Crippen LogP contribution < -0.4 is 0 Å². The number of carbonyl (C=O) groups is 2. The van der Waals surface area contributed by atoms with Crippen molar-refractivity contribution in [3.8, 4) is 0 Å². The second-order valence-corrected chi connectivity index (χ2v) is 9.01. The third kappa shape index (κ3) is 18.9. The molecule has 0 unspecified atom stereocenters. The van der Waals surface area contributed by atoms with Crippen molar-refractivity contribution < 1.29 is 19.1 Å². The highest BCUT2D eigenvalue weighted by Crippen LogP contribution is 2.14. The first-order chi connectivity index (χ1) is 14.8. The van der Waals surface area contributed by atoms with Crippen LogP contribution in [-0.4, -0.2) is 25.2 Å². The molecule has 0 atom stereocenters. The van der Waals surface area contributed by atoms with Crippen molar-refractivity contribution in [2.45, 2.75) is 141 Å². The van der Waals surface area contributed by atoms with E-state index in [1.165, 1.54) is 77.0 Å². The highest BCUT2D eigenvalue weighted by molar-refractivity contribution is 5.69. The van der Waals surface area contributed by atoms with Gasteiger partial charge in [0, 0.05) is 12.8 Å². The molecule has 0 N–H and O–H groups in total. The Kier molecular flexibility index (Phi) is 19.0. The zero-order valence-electron chi connectivity index (χ0n) is 19.6. The summed E-state index contributed by atoms with van der Waals surface area (Å²) in [7, 11) is 0. The van der Waals surface area contributed by atoms with E-state index >= 15 is 0 Å². The molecule has 1 rings (SSSR count). The van der Waals surface area contributed by atoms with Gasteiger partial charge in [0.25, 0.3) is 0 Å². The molecule has 1 aliphatic heterocycles. The molecule has 1 fully saturated rings. The largest absolute Gasteiger partial charge is 0.466 e. The van der Waals surface area contributed by atoms with Gasteiger partial charge in [-0.1, -0.05) is 103 Å². The van der Waals surface area contributed by atoms with Crippen molar-refractivity contribution in [3.63, 3.8) is 0 Å². The quantitative estimate of drug-likeness (QED) is 0.374. The van der Waals surface area contributed by atoms with E-state index < -0.39 is 0 Å². The predicted octanol–water partition coefficient (Wildman–Crippen LogP) is 7.67. The predicted molar refractivity (Wildman–Crippen MR) is 123 cm³/mol. The molecule has 4 heteroatoms. The minimum atomic E-state index is -0.00571.